The van der Waals surface area contributed by atoms with E-state index in [-0.39, 0.29) is 0 Å². The van der Waals surface area contributed by atoms with E-state index < -0.39 is 0 Å². The van der Waals surface area contributed by atoms with E-state index in [4.69, 9.17) is 5.11 Å². The van der Waals surface area contributed by atoms with Gasteiger partial charge in [0.05, 0.1) is 8.04 Å². The molecule has 1 aromatic carbocycles. The van der Waals surface area contributed by atoms with E-state index >= 15 is 0 Å². The number of halogens is 2. The number of hydrogen-bond donors (Lipinski definition) is 1. The van der Waals surface area contributed by atoms with Crippen LogP contribution in [0.3, 0.4) is 0 Å². The van der Waals surface area contributed by atoms with Crippen molar-refractivity contribution in [1.29, 1.82) is 0 Å². The molecule has 0 atom stereocenters. The Morgan fingerprint density at radius 2 is 2.11 bits per heavy atom. The standard InChI is InChI=1S/C6H4BrIO/c7-4-2-1-3-5(8)6(4)9/h1-3,9H. The van der Waals surface area contributed by atoms with Crippen LogP contribution in [-0.2, 0) is 0 Å². The number of aromatic hydroxyl groups is 1. The number of rotatable bonds is 0. The minimum atomic E-state index is 0.318. The molecule has 1 aromatic rings. The Balaban J connectivity index is 3.25. The molecular formula is C6H4BrIO. The third-order valence-corrected chi connectivity index (χ3v) is 2.45. The number of phenolic OH excluding ortho intramolecular Hbond substituents is 1. The molecule has 1 N–H and O–H groups in total. The van der Waals surface area contributed by atoms with Crippen molar-refractivity contribution in [2.24, 2.45) is 0 Å². The summed E-state index contributed by atoms with van der Waals surface area (Å²) < 4.78 is 1.61. The van der Waals surface area contributed by atoms with E-state index in [9.17, 15) is 0 Å². The van der Waals surface area contributed by atoms with E-state index in [1.807, 2.05) is 12.1 Å². The summed E-state index contributed by atoms with van der Waals surface area (Å²) in [6.07, 6.45) is 0. The summed E-state index contributed by atoms with van der Waals surface area (Å²) in [4.78, 5) is 0. The average Bonchev–Trinajstić information content (AvgIpc) is 1.83. The lowest BCUT2D eigenvalue weighted by atomic mass is 10.3. The van der Waals surface area contributed by atoms with Crippen molar-refractivity contribution < 1.29 is 5.11 Å². The molecule has 0 radical (unpaired) electrons. The lowest BCUT2D eigenvalue weighted by Gasteiger charge is -1.96. The molecule has 0 aliphatic heterocycles. The highest BCUT2D eigenvalue weighted by atomic mass is 127. The van der Waals surface area contributed by atoms with Crippen molar-refractivity contribution in [1.82, 2.24) is 0 Å². The first-order valence-corrected chi connectivity index (χ1v) is 4.22. The SMILES string of the molecule is Oc1c(Br)cccc1I. The van der Waals surface area contributed by atoms with Gasteiger partial charge in [0.15, 0.2) is 0 Å². The Morgan fingerprint density at radius 1 is 1.44 bits per heavy atom. The lowest BCUT2D eigenvalue weighted by molar-refractivity contribution is 0.468. The molecule has 9 heavy (non-hydrogen) atoms. The van der Waals surface area contributed by atoms with Crippen LogP contribution in [-0.4, -0.2) is 5.11 Å². The summed E-state index contributed by atoms with van der Waals surface area (Å²) in [5.41, 5.74) is 0. The summed E-state index contributed by atoms with van der Waals surface area (Å²) in [5.74, 6) is 0.318. The fraction of sp³-hybridized carbons (Fsp3) is 0. The third kappa shape index (κ3) is 1.58. The molecule has 1 rings (SSSR count). The van der Waals surface area contributed by atoms with Gasteiger partial charge in [-0.15, -0.1) is 0 Å². The highest BCUT2D eigenvalue weighted by Gasteiger charge is 1.98. The number of benzene rings is 1. The van der Waals surface area contributed by atoms with Crippen LogP contribution in [0.5, 0.6) is 5.75 Å². The number of phenols is 1. The Morgan fingerprint density at radius 3 is 2.56 bits per heavy atom. The first kappa shape index (κ1) is 7.34. The van der Waals surface area contributed by atoms with Gasteiger partial charge >= 0.3 is 0 Å². The molecule has 0 heterocycles. The zero-order chi connectivity index (χ0) is 6.85. The molecule has 1 nitrogen and oxygen atoms in total. The minimum Gasteiger partial charge on any atom is -0.506 e. The summed E-state index contributed by atoms with van der Waals surface area (Å²) in [7, 11) is 0. The van der Waals surface area contributed by atoms with Crippen LogP contribution >= 0.6 is 38.5 Å². The first-order valence-electron chi connectivity index (χ1n) is 2.35. The van der Waals surface area contributed by atoms with Crippen molar-refractivity contribution in [2.75, 3.05) is 0 Å². The molecule has 0 amide bonds. The van der Waals surface area contributed by atoms with Gasteiger partial charge in [-0.25, -0.2) is 0 Å². The van der Waals surface area contributed by atoms with Gasteiger partial charge < -0.3 is 5.11 Å². The fourth-order valence-corrected chi connectivity index (χ4v) is 1.72. The fourth-order valence-electron chi connectivity index (χ4n) is 0.489. The highest BCUT2D eigenvalue weighted by molar-refractivity contribution is 14.1. The minimum absolute atomic E-state index is 0.318. The largest absolute Gasteiger partial charge is 0.506 e. The van der Waals surface area contributed by atoms with Gasteiger partial charge in [-0.1, -0.05) is 6.07 Å². The van der Waals surface area contributed by atoms with E-state index in [1.165, 1.54) is 0 Å². The predicted molar refractivity (Wildman–Crippen MR) is 48.5 cm³/mol. The molecule has 0 saturated carbocycles. The molecule has 0 aliphatic carbocycles. The zero-order valence-corrected chi connectivity index (χ0v) is 8.18. The molecule has 0 bridgehead atoms. The zero-order valence-electron chi connectivity index (χ0n) is 4.44. The van der Waals surface area contributed by atoms with Gasteiger partial charge in [-0.05, 0) is 50.7 Å². The maximum absolute atomic E-state index is 9.15. The van der Waals surface area contributed by atoms with Gasteiger partial charge in [0.2, 0.25) is 0 Å². The summed E-state index contributed by atoms with van der Waals surface area (Å²) in [6, 6.07) is 5.53. The number of hydrogen-bond acceptors (Lipinski definition) is 1. The van der Waals surface area contributed by atoms with Gasteiger partial charge in [-0.3, -0.25) is 0 Å². The molecule has 3 heteroatoms. The third-order valence-electron chi connectivity index (χ3n) is 0.938. The Hall–Kier alpha value is 0.230. The van der Waals surface area contributed by atoms with Gasteiger partial charge in [0, 0.05) is 0 Å². The molecule has 0 fully saturated rings. The highest BCUT2D eigenvalue weighted by Crippen LogP contribution is 2.27. The topological polar surface area (TPSA) is 20.2 Å². The second-order valence-electron chi connectivity index (χ2n) is 1.57. The molecule has 0 unspecified atom stereocenters. The van der Waals surface area contributed by atoms with Crippen LogP contribution in [0.1, 0.15) is 0 Å². The maximum Gasteiger partial charge on any atom is 0.143 e. The Labute approximate surface area is 75.4 Å². The van der Waals surface area contributed by atoms with Gasteiger partial charge in [-0.2, -0.15) is 0 Å². The van der Waals surface area contributed by atoms with Crippen molar-refractivity contribution in [3.8, 4) is 5.75 Å². The van der Waals surface area contributed by atoms with Crippen LogP contribution < -0.4 is 0 Å². The first-order chi connectivity index (χ1) is 4.22. The summed E-state index contributed by atoms with van der Waals surface area (Å²) in [5, 5.41) is 9.15. The van der Waals surface area contributed by atoms with E-state index in [1.54, 1.807) is 6.07 Å². The van der Waals surface area contributed by atoms with Crippen LogP contribution in [0.15, 0.2) is 22.7 Å². The van der Waals surface area contributed by atoms with Crippen LogP contribution in [0.4, 0.5) is 0 Å². The van der Waals surface area contributed by atoms with E-state index in [0.717, 1.165) is 8.04 Å². The van der Waals surface area contributed by atoms with Gasteiger partial charge in [0.25, 0.3) is 0 Å². The smallest absolute Gasteiger partial charge is 0.143 e. The van der Waals surface area contributed by atoms with Crippen molar-refractivity contribution >= 4 is 38.5 Å². The van der Waals surface area contributed by atoms with Crippen molar-refractivity contribution in [3.63, 3.8) is 0 Å². The van der Waals surface area contributed by atoms with Crippen molar-refractivity contribution in [3.05, 3.63) is 26.2 Å². The van der Waals surface area contributed by atoms with Crippen molar-refractivity contribution in [2.45, 2.75) is 0 Å². The monoisotopic (exact) mass is 298 g/mol. The predicted octanol–water partition coefficient (Wildman–Crippen LogP) is 2.76. The summed E-state index contributed by atoms with van der Waals surface area (Å²) in [6.45, 7) is 0. The second-order valence-corrected chi connectivity index (χ2v) is 3.59. The number of para-hydroxylation sites is 1. The quantitative estimate of drug-likeness (QED) is 0.730. The van der Waals surface area contributed by atoms with Crippen LogP contribution in [0.2, 0.25) is 0 Å². The molecule has 0 aromatic heterocycles. The molecule has 0 saturated heterocycles. The Kier molecular flexibility index (Phi) is 2.35. The lowest BCUT2D eigenvalue weighted by Crippen LogP contribution is -1.72. The second kappa shape index (κ2) is 2.88. The maximum atomic E-state index is 9.15. The summed E-state index contributed by atoms with van der Waals surface area (Å²) >= 11 is 5.26. The van der Waals surface area contributed by atoms with Gasteiger partial charge in [0.1, 0.15) is 5.75 Å². The Bertz CT molecular complexity index is 204. The van der Waals surface area contributed by atoms with E-state index in [0.29, 0.717) is 5.75 Å². The molecule has 48 valence electrons. The molecule has 0 spiro atoms. The molecule has 0 aliphatic rings. The van der Waals surface area contributed by atoms with Crippen LogP contribution in [0.25, 0.3) is 0 Å². The average molecular weight is 299 g/mol. The normalized spacial score (nSPS) is 9.56. The van der Waals surface area contributed by atoms with E-state index in [2.05, 4.69) is 38.5 Å². The van der Waals surface area contributed by atoms with Crippen LogP contribution in [0, 0.1) is 3.57 Å². The molecular weight excluding hydrogens is 295 g/mol.